The molecule has 2 N–H and O–H groups in total. The van der Waals surface area contributed by atoms with Crippen molar-refractivity contribution in [3.8, 4) is 0 Å². The van der Waals surface area contributed by atoms with E-state index in [9.17, 15) is 13.6 Å². The van der Waals surface area contributed by atoms with Crippen LogP contribution in [-0.2, 0) is 0 Å². The van der Waals surface area contributed by atoms with Crippen molar-refractivity contribution in [2.45, 2.75) is 18.4 Å². The lowest BCUT2D eigenvalue weighted by atomic mass is 9.89. The number of nitrogens with zero attached hydrogens (tertiary/aromatic N) is 3. The number of hydrogen-bond acceptors (Lipinski definition) is 4. The number of fused-ring (bicyclic) bond motifs is 1. The van der Waals surface area contributed by atoms with Crippen molar-refractivity contribution < 1.29 is 13.6 Å². The molecule has 2 amide bonds. The van der Waals surface area contributed by atoms with Crippen molar-refractivity contribution in [2.75, 3.05) is 24.5 Å². The minimum atomic E-state index is -0.879. The summed E-state index contributed by atoms with van der Waals surface area (Å²) in [5, 5.41) is 5.96. The van der Waals surface area contributed by atoms with E-state index in [1.165, 1.54) is 4.90 Å². The van der Waals surface area contributed by atoms with Gasteiger partial charge in [-0.3, -0.25) is 4.90 Å². The maximum Gasteiger partial charge on any atom is 0.323 e. The fourth-order valence-corrected chi connectivity index (χ4v) is 4.00. The highest BCUT2D eigenvalue weighted by Crippen LogP contribution is 2.38. The van der Waals surface area contributed by atoms with E-state index in [1.54, 1.807) is 0 Å². The Morgan fingerprint density at radius 1 is 1.32 bits per heavy atom. The Morgan fingerprint density at radius 2 is 2.12 bits per heavy atom. The van der Waals surface area contributed by atoms with Crippen LogP contribution in [-0.4, -0.2) is 41.2 Å². The van der Waals surface area contributed by atoms with Crippen LogP contribution in [0.4, 0.5) is 19.4 Å². The topological polar surface area (TPSA) is 70.2 Å². The summed E-state index contributed by atoms with van der Waals surface area (Å²) in [5.74, 6) is -1.57. The molecule has 0 radical (unpaired) electrons. The number of aromatic nitrogens is 2. The van der Waals surface area contributed by atoms with Crippen molar-refractivity contribution in [2.24, 2.45) is 0 Å². The molecule has 132 valence electrons. The quantitative estimate of drug-likeness (QED) is 0.537. The highest BCUT2D eigenvalue weighted by Gasteiger charge is 2.48. The molecular formula is C15H13BrClF2N5O. The number of anilines is 1. The smallest absolute Gasteiger partial charge is 0.323 e. The molecule has 4 rings (SSSR count). The third-order valence-electron chi connectivity index (χ3n) is 4.69. The minimum Gasteiger partial charge on any atom is -0.335 e. The van der Waals surface area contributed by atoms with E-state index in [0.29, 0.717) is 13.1 Å². The summed E-state index contributed by atoms with van der Waals surface area (Å²) >= 11 is 8.83. The number of halogens is 4. The van der Waals surface area contributed by atoms with E-state index in [2.05, 4.69) is 36.5 Å². The van der Waals surface area contributed by atoms with Crippen molar-refractivity contribution in [1.82, 2.24) is 20.6 Å². The van der Waals surface area contributed by atoms with Crippen LogP contribution in [0.3, 0.4) is 0 Å². The van der Waals surface area contributed by atoms with Crippen molar-refractivity contribution >= 4 is 50.3 Å². The molecule has 2 saturated heterocycles. The first-order valence-corrected chi connectivity index (χ1v) is 8.89. The fraction of sp³-hybridized carbons (Fsp3) is 0.400. The number of rotatable bonds is 1. The SMILES string of the molecule is O=C1NCC2(CCCNC2)N1c1nc(Cl)nc2c(F)c(Br)c(F)cc12. The van der Waals surface area contributed by atoms with Gasteiger partial charge >= 0.3 is 6.03 Å². The number of hydrogen-bond donors (Lipinski definition) is 2. The molecule has 2 fully saturated rings. The van der Waals surface area contributed by atoms with Crippen molar-refractivity contribution in [3.63, 3.8) is 0 Å². The molecule has 3 heterocycles. The standard InChI is InChI=1S/C15H13BrClF2N5O/c16-9-8(18)4-7-11(10(9)19)22-13(17)23-12(7)24-14(25)21-6-15(24)2-1-3-20-5-15/h4,20H,1-3,5-6H2,(H,21,25). The molecule has 1 atom stereocenters. The van der Waals surface area contributed by atoms with E-state index in [1.807, 2.05) is 0 Å². The predicted octanol–water partition coefficient (Wildman–Crippen LogP) is 2.98. The van der Waals surface area contributed by atoms with E-state index in [4.69, 9.17) is 11.6 Å². The molecule has 2 aliphatic heterocycles. The molecule has 0 bridgehead atoms. The normalized spacial score (nSPS) is 23.5. The third kappa shape index (κ3) is 2.56. The highest BCUT2D eigenvalue weighted by molar-refractivity contribution is 9.10. The lowest BCUT2D eigenvalue weighted by molar-refractivity contribution is 0.248. The van der Waals surface area contributed by atoms with Crippen LogP contribution in [0.15, 0.2) is 10.5 Å². The average Bonchev–Trinajstić information content (AvgIpc) is 2.90. The Morgan fingerprint density at radius 3 is 2.84 bits per heavy atom. The Labute approximate surface area is 155 Å². The van der Waals surface area contributed by atoms with Crippen molar-refractivity contribution in [3.05, 3.63) is 27.5 Å². The van der Waals surface area contributed by atoms with Crippen LogP contribution in [0.25, 0.3) is 10.9 Å². The lowest BCUT2D eigenvalue weighted by Gasteiger charge is -2.39. The molecule has 2 aromatic rings. The van der Waals surface area contributed by atoms with Crippen molar-refractivity contribution in [1.29, 1.82) is 0 Å². The molecule has 6 nitrogen and oxygen atoms in total. The summed E-state index contributed by atoms with van der Waals surface area (Å²) in [6, 6.07) is 0.743. The van der Waals surface area contributed by atoms with Gasteiger partial charge in [-0.15, -0.1) is 0 Å². The van der Waals surface area contributed by atoms with Gasteiger partial charge in [0.25, 0.3) is 0 Å². The molecule has 25 heavy (non-hydrogen) atoms. The first-order chi connectivity index (χ1) is 11.9. The van der Waals surface area contributed by atoms with Gasteiger partial charge in [0.1, 0.15) is 17.2 Å². The molecule has 0 aliphatic carbocycles. The van der Waals surface area contributed by atoms with Crippen LogP contribution >= 0.6 is 27.5 Å². The molecule has 10 heteroatoms. The predicted molar refractivity (Wildman–Crippen MR) is 92.9 cm³/mol. The Hall–Kier alpha value is -1.58. The number of carbonyl (C=O) groups excluding carboxylic acids is 1. The van der Waals surface area contributed by atoms with E-state index in [-0.39, 0.29) is 32.5 Å². The van der Waals surface area contributed by atoms with Crippen LogP contribution in [0.2, 0.25) is 5.28 Å². The zero-order valence-corrected chi connectivity index (χ0v) is 15.2. The molecule has 1 aromatic carbocycles. The molecular weight excluding hydrogens is 420 g/mol. The van der Waals surface area contributed by atoms with Crippen LogP contribution in [0.1, 0.15) is 12.8 Å². The first kappa shape index (κ1) is 16.9. The second kappa shape index (κ2) is 6.00. The second-order valence-corrected chi connectivity index (χ2v) is 7.33. The zero-order valence-electron chi connectivity index (χ0n) is 12.9. The Balaban J connectivity index is 1.98. The summed E-state index contributed by atoms with van der Waals surface area (Å²) in [6.45, 7) is 1.82. The summed E-state index contributed by atoms with van der Waals surface area (Å²) < 4.78 is 28.2. The van der Waals surface area contributed by atoms with E-state index >= 15 is 0 Å². The number of carbonyl (C=O) groups is 1. The van der Waals surface area contributed by atoms with E-state index in [0.717, 1.165) is 25.5 Å². The molecule has 2 aliphatic rings. The zero-order chi connectivity index (χ0) is 17.8. The van der Waals surface area contributed by atoms with Gasteiger partial charge in [0.05, 0.1) is 10.0 Å². The van der Waals surface area contributed by atoms with Crippen LogP contribution in [0.5, 0.6) is 0 Å². The third-order valence-corrected chi connectivity index (χ3v) is 5.58. The number of benzene rings is 1. The Kier molecular flexibility index (Phi) is 4.04. The molecule has 1 aromatic heterocycles. The minimum absolute atomic E-state index is 0.101. The Bertz CT molecular complexity index is 890. The first-order valence-electron chi connectivity index (χ1n) is 7.72. The van der Waals surface area contributed by atoms with Gasteiger partial charge in [0.15, 0.2) is 5.82 Å². The summed E-state index contributed by atoms with van der Waals surface area (Å²) in [6.07, 6.45) is 1.61. The van der Waals surface area contributed by atoms with Gasteiger partial charge in [0.2, 0.25) is 5.28 Å². The fourth-order valence-electron chi connectivity index (χ4n) is 3.53. The van der Waals surface area contributed by atoms with Gasteiger partial charge in [-0.05, 0) is 53.0 Å². The van der Waals surface area contributed by atoms with Gasteiger partial charge in [-0.1, -0.05) is 0 Å². The molecule has 1 unspecified atom stereocenters. The molecule has 1 spiro atoms. The number of nitrogens with one attached hydrogen (secondary N) is 2. The maximum absolute atomic E-state index is 14.5. The van der Waals surface area contributed by atoms with Crippen LogP contribution in [0, 0.1) is 11.6 Å². The second-order valence-electron chi connectivity index (χ2n) is 6.20. The van der Waals surface area contributed by atoms with Crippen LogP contribution < -0.4 is 15.5 Å². The van der Waals surface area contributed by atoms with Gasteiger partial charge in [-0.25, -0.2) is 18.6 Å². The van der Waals surface area contributed by atoms with Gasteiger partial charge in [0, 0.05) is 18.5 Å². The summed E-state index contributed by atoms with van der Waals surface area (Å²) in [5.41, 5.74) is -0.693. The largest absolute Gasteiger partial charge is 0.335 e. The van der Waals surface area contributed by atoms with E-state index < -0.39 is 17.2 Å². The summed E-state index contributed by atoms with van der Waals surface area (Å²) in [4.78, 5) is 22.0. The number of amides is 2. The monoisotopic (exact) mass is 431 g/mol. The maximum atomic E-state index is 14.5. The highest BCUT2D eigenvalue weighted by atomic mass is 79.9. The van der Waals surface area contributed by atoms with Gasteiger partial charge < -0.3 is 10.6 Å². The average molecular weight is 433 g/mol. The molecule has 0 saturated carbocycles. The number of piperidine rings is 1. The lowest BCUT2D eigenvalue weighted by Crippen LogP contribution is -2.57. The van der Waals surface area contributed by atoms with Gasteiger partial charge in [-0.2, -0.15) is 4.98 Å². The number of urea groups is 1. The summed E-state index contributed by atoms with van der Waals surface area (Å²) in [7, 11) is 0.